The SMILES string of the molecule is CN(C)c1ccc(/C=C2\N=C(SCC(=O)Nc3ccc(-c4cc(C(=O)O)c5ccccc5n4)cc3)N(c3ccccc3)C2=O)cc1. The maximum atomic E-state index is 13.5. The maximum Gasteiger partial charge on any atom is 0.336 e. The number of anilines is 3. The molecule has 228 valence electrons. The number of thioether (sulfide) groups is 1. The molecule has 5 aromatic rings. The van der Waals surface area contributed by atoms with Crippen LogP contribution in [0.4, 0.5) is 17.1 Å². The molecule has 1 aromatic heterocycles. The number of carbonyl (C=O) groups is 3. The third-order valence-corrected chi connectivity index (χ3v) is 8.24. The number of nitrogens with one attached hydrogen (secondary N) is 1. The summed E-state index contributed by atoms with van der Waals surface area (Å²) < 4.78 is 0. The highest BCUT2D eigenvalue weighted by Gasteiger charge is 2.32. The largest absolute Gasteiger partial charge is 0.478 e. The number of aliphatic imine (C=N–C) groups is 1. The lowest BCUT2D eigenvalue weighted by molar-refractivity contribution is -0.114. The van der Waals surface area contributed by atoms with Crippen molar-refractivity contribution in [1.29, 1.82) is 0 Å². The molecule has 9 nitrogen and oxygen atoms in total. The molecule has 0 saturated carbocycles. The highest BCUT2D eigenvalue weighted by Crippen LogP contribution is 2.30. The topological polar surface area (TPSA) is 115 Å². The fraction of sp³-hybridized carbons (Fsp3) is 0.0833. The molecule has 0 atom stereocenters. The minimum Gasteiger partial charge on any atom is -0.478 e. The average molecular weight is 628 g/mol. The Labute approximate surface area is 269 Å². The van der Waals surface area contributed by atoms with Gasteiger partial charge >= 0.3 is 5.97 Å². The molecule has 1 aliphatic rings. The Hall–Kier alpha value is -5.74. The molecule has 0 fully saturated rings. The summed E-state index contributed by atoms with van der Waals surface area (Å²) in [5.41, 5.74) is 5.40. The maximum absolute atomic E-state index is 13.5. The molecule has 0 bridgehead atoms. The lowest BCUT2D eigenvalue weighted by Crippen LogP contribution is -2.31. The van der Waals surface area contributed by atoms with Gasteiger partial charge in [-0.15, -0.1) is 0 Å². The third-order valence-electron chi connectivity index (χ3n) is 7.30. The zero-order chi connectivity index (χ0) is 32.2. The van der Waals surface area contributed by atoms with Gasteiger partial charge < -0.3 is 15.3 Å². The van der Waals surface area contributed by atoms with Crippen molar-refractivity contribution in [2.24, 2.45) is 4.99 Å². The van der Waals surface area contributed by atoms with Crippen LogP contribution in [0.2, 0.25) is 0 Å². The molecule has 2 N–H and O–H groups in total. The van der Waals surface area contributed by atoms with E-state index in [2.05, 4.69) is 15.3 Å². The predicted octanol–water partition coefficient (Wildman–Crippen LogP) is 6.78. The van der Waals surface area contributed by atoms with Crippen molar-refractivity contribution in [2.45, 2.75) is 0 Å². The van der Waals surface area contributed by atoms with Crippen molar-refractivity contribution < 1.29 is 19.5 Å². The van der Waals surface area contributed by atoms with E-state index in [4.69, 9.17) is 0 Å². The van der Waals surface area contributed by atoms with Crippen LogP contribution in [0.1, 0.15) is 15.9 Å². The van der Waals surface area contributed by atoms with E-state index in [9.17, 15) is 19.5 Å². The van der Waals surface area contributed by atoms with Gasteiger partial charge in [-0.1, -0.05) is 72.4 Å². The molecule has 0 spiro atoms. The molecule has 1 aliphatic heterocycles. The van der Waals surface area contributed by atoms with Crippen LogP contribution in [0, 0.1) is 0 Å². The Morgan fingerprint density at radius 3 is 2.30 bits per heavy atom. The van der Waals surface area contributed by atoms with Crippen molar-refractivity contribution in [1.82, 2.24) is 4.98 Å². The molecule has 0 unspecified atom stereocenters. The van der Waals surface area contributed by atoms with Gasteiger partial charge in [-0.05, 0) is 60.2 Å². The van der Waals surface area contributed by atoms with E-state index in [1.807, 2.05) is 79.7 Å². The molecule has 2 amide bonds. The fourth-order valence-corrected chi connectivity index (χ4v) is 5.79. The Morgan fingerprint density at radius 2 is 1.61 bits per heavy atom. The van der Waals surface area contributed by atoms with E-state index in [0.29, 0.717) is 38.7 Å². The summed E-state index contributed by atoms with van der Waals surface area (Å²) in [6.45, 7) is 0. The van der Waals surface area contributed by atoms with Crippen LogP contribution >= 0.6 is 11.8 Å². The summed E-state index contributed by atoms with van der Waals surface area (Å²) in [6, 6.07) is 32.7. The zero-order valence-corrected chi connectivity index (χ0v) is 25.9. The number of carboxylic acids is 1. The minimum absolute atomic E-state index is 0.0240. The number of nitrogens with zero attached hydrogens (tertiary/aromatic N) is 4. The molecular formula is C36H29N5O4S. The van der Waals surface area contributed by atoms with E-state index >= 15 is 0 Å². The summed E-state index contributed by atoms with van der Waals surface area (Å²) in [4.78, 5) is 51.1. The van der Waals surface area contributed by atoms with Gasteiger partial charge in [-0.3, -0.25) is 14.5 Å². The first-order chi connectivity index (χ1) is 22.3. The number of benzene rings is 4. The smallest absolute Gasteiger partial charge is 0.336 e. The Morgan fingerprint density at radius 1 is 0.913 bits per heavy atom. The second-order valence-corrected chi connectivity index (χ2v) is 11.6. The molecular weight excluding hydrogens is 598 g/mol. The first-order valence-corrected chi connectivity index (χ1v) is 15.4. The molecule has 0 aliphatic carbocycles. The number of hydrogen-bond acceptors (Lipinski definition) is 7. The van der Waals surface area contributed by atoms with Crippen molar-refractivity contribution in [3.05, 3.63) is 126 Å². The van der Waals surface area contributed by atoms with Crippen LogP contribution < -0.4 is 15.1 Å². The van der Waals surface area contributed by atoms with Crippen LogP contribution in [0.5, 0.6) is 0 Å². The average Bonchev–Trinajstić information content (AvgIpc) is 3.38. The number of aromatic carboxylic acids is 1. The van der Waals surface area contributed by atoms with Crippen LogP contribution in [0.3, 0.4) is 0 Å². The number of pyridine rings is 1. The van der Waals surface area contributed by atoms with Gasteiger partial charge in [0.2, 0.25) is 5.91 Å². The van der Waals surface area contributed by atoms with Crippen LogP contribution in [0.25, 0.3) is 28.2 Å². The van der Waals surface area contributed by atoms with Crippen LogP contribution in [-0.4, -0.2) is 52.9 Å². The van der Waals surface area contributed by atoms with Gasteiger partial charge in [0.1, 0.15) is 5.70 Å². The number of para-hydroxylation sites is 2. The predicted molar refractivity (Wildman–Crippen MR) is 185 cm³/mol. The molecule has 46 heavy (non-hydrogen) atoms. The van der Waals surface area contributed by atoms with Crippen molar-refractivity contribution in [2.75, 3.05) is 35.0 Å². The zero-order valence-electron chi connectivity index (χ0n) is 25.0. The lowest BCUT2D eigenvalue weighted by Gasteiger charge is -2.17. The highest BCUT2D eigenvalue weighted by molar-refractivity contribution is 8.14. The van der Waals surface area contributed by atoms with Crippen molar-refractivity contribution in [3.63, 3.8) is 0 Å². The van der Waals surface area contributed by atoms with Gasteiger partial charge in [0.05, 0.1) is 28.2 Å². The van der Waals surface area contributed by atoms with E-state index in [1.165, 1.54) is 16.7 Å². The Balaban J connectivity index is 1.17. The van der Waals surface area contributed by atoms with Crippen LogP contribution in [0.15, 0.2) is 120 Å². The summed E-state index contributed by atoms with van der Waals surface area (Å²) in [5.74, 6) is -1.54. The van der Waals surface area contributed by atoms with Gasteiger partial charge in [-0.2, -0.15) is 0 Å². The number of fused-ring (bicyclic) bond motifs is 1. The molecule has 10 heteroatoms. The van der Waals surface area contributed by atoms with Gasteiger partial charge in [0, 0.05) is 36.4 Å². The van der Waals surface area contributed by atoms with Crippen LogP contribution in [-0.2, 0) is 9.59 Å². The number of carbonyl (C=O) groups excluding carboxylic acids is 2. The molecule has 0 saturated heterocycles. The number of amides is 2. The van der Waals surface area contributed by atoms with Gasteiger partial charge in [0.15, 0.2) is 5.17 Å². The first kappa shape index (κ1) is 30.3. The fourth-order valence-electron chi connectivity index (χ4n) is 4.98. The first-order valence-electron chi connectivity index (χ1n) is 14.4. The molecule has 2 heterocycles. The Kier molecular flexibility index (Phi) is 8.62. The minimum atomic E-state index is -1.03. The summed E-state index contributed by atoms with van der Waals surface area (Å²) in [6.07, 6.45) is 1.75. The standard InChI is InChI=1S/C36H29N5O4S/c1-40(2)26-18-12-23(13-19-26)20-32-34(43)41(27-8-4-3-5-9-27)36(39-32)46-22-33(42)37-25-16-14-24(15-17-25)31-21-29(35(44)45)28-10-6-7-11-30(28)38-31/h3-21H,22H2,1-2H3,(H,37,42)(H,44,45)/b32-20-. The third kappa shape index (κ3) is 6.52. The molecule has 6 rings (SSSR count). The van der Waals surface area contributed by atoms with E-state index < -0.39 is 5.97 Å². The summed E-state index contributed by atoms with van der Waals surface area (Å²) >= 11 is 1.17. The lowest BCUT2D eigenvalue weighted by atomic mass is 10.0. The monoisotopic (exact) mass is 627 g/mol. The van der Waals surface area contributed by atoms with Crippen molar-refractivity contribution in [3.8, 4) is 11.3 Å². The second-order valence-electron chi connectivity index (χ2n) is 10.7. The quantitative estimate of drug-likeness (QED) is 0.182. The van der Waals surface area contributed by atoms with Crippen molar-refractivity contribution >= 4 is 68.8 Å². The van der Waals surface area contributed by atoms with E-state index in [0.717, 1.165) is 11.3 Å². The van der Waals surface area contributed by atoms with E-state index in [-0.39, 0.29) is 28.8 Å². The summed E-state index contributed by atoms with van der Waals surface area (Å²) in [7, 11) is 3.93. The number of rotatable bonds is 8. The normalized spacial score (nSPS) is 13.6. The Bertz CT molecular complexity index is 2010. The van der Waals surface area contributed by atoms with E-state index in [1.54, 1.807) is 54.6 Å². The highest BCUT2D eigenvalue weighted by atomic mass is 32.2. The molecule has 4 aromatic carbocycles. The number of carboxylic acid groups (broad SMARTS) is 1. The van der Waals surface area contributed by atoms with Gasteiger partial charge in [-0.25, -0.2) is 14.8 Å². The number of hydrogen-bond donors (Lipinski definition) is 2. The molecule has 0 radical (unpaired) electrons. The summed E-state index contributed by atoms with van der Waals surface area (Å²) in [5, 5.41) is 13.6. The second kappa shape index (κ2) is 13.1. The number of aromatic nitrogens is 1. The number of amidine groups is 1. The van der Waals surface area contributed by atoms with Gasteiger partial charge in [0.25, 0.3) is 5.91 Å².